The molecule has 0 bridgehead atoms. The highest BCUT2D eigenvalue weighted by atomic mass is 16.7. The van der Waals surface area contributed by atoms with Crippen molar-refractivity contribution in [3.63, 3.8) is 0 Å². The third-order valence-corrected chi connectivity index (χ3v) is 9.65. The van der Waals surface area contributed by atoms with Crippen molar-refractivity contribution in [2.75, 3.05) is 26.4 Å². The van der Waals surface area contributed by atoms with Crippen LogP contribution in [-0.4, -0.2) is 89.6 Å². The Hall–Kier alpha value is -2.37. The SMILES string of the molecule is CC/C=C\C/C=C\C/C=C\C/C=C\C/C=C\C/C=C\CCC(=O)OC(COCCCCCCCCCCCCCCCC)COC1OC(CO)C(O)C(O)C1O. The molecule has 9 nitrogen and oxygen atoms in total. The Morgan fingerprint density at radius 2 is 1.05 bits per heavy atom. The molecule has 6 atom stereocenters. The molecular weight excluding hydrogens is 709 g/mol. The molecule has 1 rings (SSSR count). The number of aliphatic hydroxyl groups is 4. The summed E-state index contributed by atoms with van der Waals surface area (Å²) in [4.78, 5) is 12.7. The van der Waals surface area contributed by atoms with Gasteiger partial charge in [-0.2, -0.15) is 0 Å². The molecule has 1 aliphatic heterocycles. The number of unbranched alkanes of at least 4 members (excludes halogenated alkanes) is 13. The van der Waals surface area contributed by atoms with Crippen LogP contribution in [0.1, 0.15) is 155 Å². The average molecular weight is 789 g/mol. The maximum absolute atomic E-state index is 12.7. The summed E-state index contributed by atoms with van der Waals surface area (Å²) in [5, 5.41) is 40.1. The Morgan fingerprint density at radius 3 is 1.54 bits per heavy atom. The van der Waals surface area contributed by atoms with E-state index in [1.807, 2.05) is 12.2 Å². The van der Waals surface area contributed by atoms with Gasteiger partial charge in [-0.3, -0.25) is 4.79 Å². The smallest absolute Gasteiger partial charge is 0.306 e. The monoisotopic (exact) mass is 789 g/mol. The molecule has 322 valence electrons. The third kappa shape index (κ3) is 28.9. The minimum absolute atomic E-state index is 0.113. The van der Waals surface area contributed by atoms with Crippen LogP contribution in [0.5, 0.6) is 0 Å². The van der Waals surface area contributed by atoms with Crippen LogP contribution in [0, 0.1) is 0 Å². The molecule has 4 N–H and O–H groups in total. The number of hydrogen-bond donors (Lipinski definition) is 4. The van der Waals surface area contributed by atoms with E-state index in [1.54, 1.807) is 0 Å². The molecule has 0 radical (unpaired) electrons. The predicted molar refractivity (Wildman–Crippen MR) is 228 cm³/mol. The van der Waals surface area contributed by atoms with E-state index < -0.39 is 49.4 Å². The van der Waals surface area contributed by atoms with Crippen LogP contribution in [-0.2, 0) is 23.7 Å². The number of allylic oxidation sites excluding steroid dienone is 12. The highest BCUT2D eigenvalue weighted by Crippen LogP contribution is 2.22. The fourth-order valence-corrected chi connectivity index (χ4v) is 6.22. The lowest BCUT2D eigenvalue weighted by Gasteiger charge is -2.39. The van der Waals surface area contributed by atoms with Crippen molar-refractivity contribution < 1.29 is 44.2 Å². The Kier molecular flexibility index (Phi) is 35.2. The molecule has 0 amide bonds. The Bertz CT molecular complexity index is 1080. The van der Waals surface area contributed by atoms with E-state index in [4.69, 9.17) is 18.9 Å². The molecule has 0 aromatic rings. The number of hydrogen-bond acceptors (Lipinski definition) is 9. The van der Waals surface area contributed by atoms with Gasteiger partial charge in [0.2, 0.25) is 0 Å². The van der Waals surface area contributed by atoms with Gasteiger partial charge >= 0.3 is 5.97 Å². The lowest BCUT2D eigenvalue weighted by Crippen LogP contribution is -2.59. The molecule has 1 fully saturated rings. The van der Waals surface area contributed by atoms with Crippen molar-refractivity contribution in [2.24, 2.45) is 0 Å². The van der Waals surface area contributed by atoms with E-state index >= 15 is 0 Å². The van der Waals surface area contributed by atoms with E-state index in [9.17, 15) is 25.2 Å². The first kappa shape index (κ1) is 51.6. The van der Waals surface area contributed by atoms with Crippen LogP contribution in [0.25, 0.3) is 0 Å². The van der Waals surface area contributed by atoms with Crippen LogP contribution < -0.4 is 0 Å². The van der Waals surface area contributed by atoms with Gasteiger partial charge in [-0.25, -0.2) is 0 Å². The predicted octanol–water partition coefficient (Wildman–Crippen LogP) is 9.69. The van der Waals surface area contributed by atoms with E-state index in [2.05, 4.69) is 74.6 Å². The second kappa shape index (κ2) is 38.2. The summed E-state index contributed by atoms with van der Waals surface area (Å²) in [6.07, 6.45) is 42.2. The van der Waals surface area contributed by atoms with Crippen LogP contribution in [0.4, 0.5) is 0 Å². The number of ether oxygens (including phenoxy) is 4. The Morgan fingerprint density at radius 1 is 0.589 bits per heavy atom. The maximum atomic E-state index is 12.7. The van der Waals surface area contributed by atoms with Gasteiger partial charge in [0, 0.05) is 13.0 Å². The van der Waals surface area contributed by atoms with Crippen molar-refractivity contribution in [1.82, 2.24) is 0 Å². The second-order valence-corrected chi connectivity index (χ2v) is 14.8. The summed E-state index contributed by atoms with van der Waals surface area (Å²) in [5.74, 6) is -0.396. The summed E-state index contributed by atoms with van der Waals surface area (Å²) in [5.41, 5.74) is 0. The Balaban J connectivity index is 2.35. The van der Waals surface area contributed by atoms with Gasteiger partial charge in [-0.1, -0.05) is 170 Å². The molecular formula is C47H80O9. The summed E-state index contributed by atoms with van der Waals surface area (Å²) >= 11 is 0. The van der Waals surface area contributed by atoms with Crippen LogP contribution in [0.3, 0.4) is 0 Å². The summed E-state index contributed by atoms with van der Waals surface area (Å²) in [6, 6.07) is 0. The van der Waals surface area contributed by atoms with E-state index in [1.165, 1.54) is 77.0 Å². The van der Waals surface area contributed by atoms with Gasteiger partial charge in [0.15, 0.2) is 6.29 Å². The van der Waals surface area contributed by atoms with Gasteiger partial charge in [-0.15, -0.1) is 0 Å². The lowest BCUT2D eigenvalue weighted by atomic mass is 9.99. The molecule has 0 spiro atoms. The van der Waals surface area contributed by atoms with Gasteiger partial charge in [-0.05, 0) is 51.4 Å². The minimum Gasteiger partial charge on any atom is -0.457 e. The van der Waals surface area contributed by atoms with Gasteiger partial charge in [0.05, 0.1) is 19.8 Å². The molecule has 0 aromatic heterocycles. The second-order valence-electron chi connectivity index (χ2n) is 14.8. The molecule has 0 aliphatic carbocycles. The average Bonchev–Trinajstić information content (AvgIpc) is 3.20. The van der Waals surface area contributed by atoms with Gasteiger partial charge < -0.3 is 39.4 Å². The van der Waals surface area contributed by atoms with Gasteiger partial charge in [0.25, 0.3) is 0 Å². The van der Waals surface area contributed by atoms with E-state index in [0.717, 1.165) is 51.4 Å². The molecule has 9 heteroatoms. The normalized spacial score (nSPS) is 21.3. The number of aliphatic hydroxyl groups excluding tert-OH is 4. The number of rotatable bonds is 36. The fourth-order valence-electron chi connectivity index (χ4n) is 6.22. The molecule has 56 heavy (non-hydrogen) atoms. The van der Waals surface area contributed by atoms with E-state index in [0.29, 0.717) is 13.0 Å². The van der Waals surface area contributed by atoms with Gasteiger partial charge in [0.1, 0.15) is 30.5 Å². The summed E-state index contributed by atoms with van der Waals surface area (Å²) < 4.78 is 22.7. The minimum atomic E-state index is -1.55. The quantitative estimate of drug-likeness (QED) is 0.0278. The highest BCUT2D eigenvalue weighted by molar-refractivity contribution is 5.69. The zero-order valence-electron chi connectivity index (χ0n) is 35.1. The van der Waals surface area contributed by atoms with Crippen molar-refractivity contribution in [1.29, 1.82) is 0 Å². The highest BCUT2D eigenvalue weighted by Gasteiger charge is 2.44. The number of carbonyl (C=O) groups is 1. The van der Waals surface area contributed by atoms with Crippen molar-refractivity contribution >= 4 is 5.97 Å². The first-order valence-electron chi connectivity index (χ1n) is 22.0. The van der Waals surface area contributed by atoms with E-state index in [-0.39, 0.29) is 19.6 Å². The summed E-state index contributed by atoms with van der Waals surface area (Å²) in [7, 11) is 0. The standard InChI is InChI=1S/C47H80O9/c1-3-5-7-9-11-13-15-17-19-20-21-22-23-24-26-28-30-32-34-36-43(49)55-41(40-54-47-46(52)45(51)44(50)42(38-48)56-47)39-53-37-35-33-31-29-27-25-18-16-14-12-10-8-6-4-2/h5,7,11,13,17,19,21-22,24,26,30,32,41-42,44-48,50-52H,3-4,6,8-10,12,14-16,18,20,23,25,27-29,31,33-40H2,1-2H3/b7-5-,13-11-,19-17-,22-21-,26-24-,32-30-. The molecule has 0 aromatic carbocycles. The zero-order valence-corrected chi connectivity index (χ0v) is 35.1. The van der Waals surface area contributed by atoms with Crippen molar-refractivity contribution in [3.8, 4) is 0 Å². The first-order chi connectivity index (χ1) is 27.4. The van der Waals surface area contributed by atoms with Crippen LogP contribution in [0.2, 0.25) is 0 Å². The van der Waals surface area contributed by atoms with Crippen molar-refractivity contribution in [3.05, 3.63) is 72.9 Å². The maximum Gasteiger partial charge on any atom is 0.306 e. The number of carbonyl (C=O) groups excluding carboxylic acids is 1. The topological polar surface area (TPSA) is 135 Å². The van der Waals surface area contributed by atoms with Crippen LogP contribution in [0.15, 0.2) is 72.9 Å². The fraction of sp³-hybridized carbons (Fsp3) is 0.723. The van der Waals surface area contributed by atoms with Crippen LogP contribution >= 0.6 is 0 Å². The van der Waals surface area contributed by atoms with Crippen molar-refractivity contribution in [2.45, 2.75) is 192 Å². The Labute approximate surface area is 340 Å². The lowest BCUT2D eigenvalue weighted by molar-refractivity contribution is -0.305. The summed E-state index contributed by atoms with van der Waals surface area (Å²) in [6.45, 7) is 4.34. The molecule has 0 saturated carbocycles. The largest absolute Gasteiger partial charge is 0.457 e. The molecule has 6 unspecified atom stereocenters. The molecule has 1 saturated heterocycles. The molecule has 1 aliphatic rings. The zero-order chi connectivity index (χ0) is 40.7. The molecule has 1 heterocycles. The third-order valence-electron chi connectivity index (χ3n) is 9.65. The first-order valence-corrected chi connectivity index (χ1v) is 22.0. The number of esters is 1.